The fourth-order valence-electron chi connectivity index (χ4n) is 2.75. The van der Waals surface area contributed by atoms with Gasteiger partial charge in [0.1, 0.15) is 6.61 Å². The van der Waals surface area contributed by atoms with Gasteiger partial charge in [-0.3, -0.25) is 0 Å². The van der Waals surface area contributed by atoms with E-state index in [1.807, 2.05) is 0 Å². The second-order valence-corrected chi connectivity index (χ2v) is 6.36. The maximum absolute atomic E-state index is 4.79. The van der Waals surface area contributed by atoms with E-state index >= 15 is 0 Å². The minimum atomic E-state index is 0.696. The fourth-order valence-corrected chi connectivity index (χ4v) is 2.83. The Hall–Kier alpha value is -0.180. The minimum absolute atomic E-state index is 0.696. The molecule has 0 saturated heterocycles. The van der Waals surface area contributed by atoms with Crippen LogP contribution in [0, 0.1) is 0 Å². The van der Waals surface area contributed by atoms with Crippen LogP contribution in [0.3, 0.4) is 0 Å². The van der Waals surface area contributed by atoms with Crippen molar-refractivity contribution in [2.24, 2.45) is 4.53 Å². The predicted molar refractivity (Wildman–Crippen MR) is 95.3 cm³/mol. The van der Waals surface area contributed by atoms with E-state index < -0.39 is 0 Å². The van der Waals surface area contributed by atoms with Gasteiger partial charge in [0.25, 0.3) is 0 Å². The van der Waals surface area contributed by atoms with Crippen molar-refractivity contribution in [1.82, 2.24) is 0 Å². The van der Waals surface area contributed by atoms with Crippen molar-refractivity contribution in [2.75, 3.05) is 6.61 Å². The predicted octanol–water partition coefficient (Wildman–Crippen LogP) is 6.91. The van der Waals surface area contributed by atoms with E-state index in [0.29, 0.717) is 6.61 Å². The number of hydrogen-bond donors (Lipinski definition) is 0. The number of hydrogen-bond acceptors (Lipinski definition) is 3. The fraction of sp³-hybridized carbons (Fsp3) is 1.00. The van der Waals surface area contributed by atoms with Crippen LogP contribution in [0.1, 0.15) is 110 Å². The molecule has 0 atom stereocenters. The minimum Gasteiger partial charge on any atom is -0.386 e. The monoisotopic (exact) mass is 315 g/mol. The number of nitrogens with zero attached hydrogens (tertiary/aromatic N) is 1. The number of rotatable bonds is 18. The van der Waals surface area contributed by atoms with Gasteiger partial charge in [0.2, 0.25) is 0 Å². The van der Waals surface area contributed by atoms with Crippen molar-refractivity contribution in [3.8, 4) is 0 Å². The van der Waals surface area contributed by atoms with Crippen molar-refractivity contribution >= 4 is 12.4 Å². The normalized spacial score (nSPS) is 10.7. The summed E-state index contributed by atoms with van der Waals surface area (Å²) in [6.07, 6.45) is 22.3. The first kappa shape index (κ1) is 20.8. The maximum Gasteiger partial charge on any atom is 0.118 e. The molecule has 0 aliphatic rings. The van der Waals surface area contributed by atoms with Gasteiger partial charge >= 0.3 is 0 Å². The Bertz CT molecular complexity index is 200. The van der Waals surface area contributed by atoms with E-state index in [-0.39, 0.29) is 0 Å². The average molecular weight is 316 g/mol. The summed E-state index contributed by atoms with van der Waals surface area (Å²) in [5.41, 5.74) is 0. The lowest BCUT2D eigenvalue weighted by Gasteiger charge is -2.03. The van der Waals surface area contributed by atoms with Crippen LogP contribution < -0.4 is 0 Å². The molecule has 0 aliphatic carbocycles. The van der Waals surface area contributed by atoms with Gasteiger partial charge in [0.05, 0.1) is 12.4 Å². The molecule has 0 N–H and O–H groups in total. The Kier molecular flexibility index (Phi) is 19.7. The highest BCUT2D eigenvalue weighted by Crippen LogP contribution is 2.13. The first-order chi connectivity index (χ1) is 10.4. The summed E-state index contributed by atoms with van der Waals surface area (Å²) < 4.78 is 3.23. The summed E-state index contributed by atoms with van der Waals surface area (Å²) in [5.74, 6) is 0. The molecular formula is C18H37NOS. The van der Waals surface area contributed by atoms with E-state index in [2.05, 4.69) is 23.9 Å². The summed E-state index contributed by atoms with van der Waals surface area (Å²) >= 11 is 4.36. The van der Waals surface area contributed by atoms with Crippen LogP contribution in [0.5, 0.6) is 0 Å². The highest BCUT2D eigenvalue weighted by molar-refractivity contribution is 7.47. The molecule has 0 aromatic carbocycles. The van der Waals surface area contributed by atoms with Crippen molar-refractivity contribution in [1.29, 1.82) is 0 Å². The van der Waals surface area contributed by atoms with E-state index in [4.69, 9.17) is 4.84 Å². The molecule has 0 spiro atoms. The lowest BCUT2D eigenvalue weighted by molar-refractivity contribution is 0.146. The summed E-state index contributed by atoms with van der Waals surface area (Å²) in [5, 5.41) is 0. The lowest BCUT2D eigenvalue weighted by Crippen LogP contribution is -1.87. The molecule has 0 saturated carbocycles. The van der Waals surface area contributed by atoms with Gasteiger partial charge in [-0.25, -0.2) is 0 Å². The molecule has 21 heavy (non-hydrogen) atoms. The second kappa shape index (κ2) is 19.8. The summed E-state index contributed by atoms with van der Waals surface area (Å²) in [7, 11) is 0. The molecule has 0 fully saturated rings. The van der Waals surface area contributed by atoms with Crippen LogP contribution in [0.2, 0.25) is 0 Å². The highest BCUT2D eigenvalue weighted by Gasteiger charge is 1.94. The lowest BCUT2D eigenvalue weighted by atomic mass is 10.0. The zero-order chi connectivity index (χ0) is 15.4. The van der Waals surface area contributed by atoms with Gasteiger partial charge in [-0.1, -0.05) is 96.8 Å². The van der Waals surface area contributed by atoms with Gasteiger partial charge < -0.3 is 4.84 Å². The molecule has 0 amide bonds. The van der Waals surface area contributed by atoms with Gasteiger partial charge in [-0.05, 0) is 17.4 Å². The van der Waals surface area contributed by atoms with Crippen LogP contribution in [0.15, 0.2) is 4.53 Å². The molecule has 3 heteroatoms. The molecule has 126 valence electrons. The van der Waals surface area contributed by atoms with Gasteiger partial charge in [0.15, 0.2) is 0 Å². The van der Waals surface area contributed by atoms with Crippen LogP contribution in [-0.4, -0.2) is 6.61 Å². The quantitative estimate of drug-likeness (QED) is 0.202. The first-order valence-corrected chi connectivity index (χ1v) is 9.73. The summed E-state index contributed by atoms with van der Waals surface area (Å²) in [6, 6.07) is 0. The third kappa shape index (κ3) is 19.8. The Morgan fingerprint density at radius 3 is 1.24 bits per heavy atom. The SMILES string of the molecule is CCCCCCCCCCCCCCCCCCON=S. The second-order valence-electron chi connectivity index (χ2n) is 6.21. The van der Waals surface area contributed by atoms with Crippen LogP contribution >= 0.6 is 0 Å². The summed E-state index contributed by atoms with van der Waals surface area (Å²) in [4.78, 5) is 4.79. The number of unbranched alkanes of at least 4 members (excludes halogenated alkanes) is 15. The first-order valence-electron chi connectivity index (χ1n) is 9.36. The molecule has 0 heterocycles. The molecule has 0 radical (unpaired) electrons. The largest absolute Gasteiger partial charge is 0.386 e. The molecule has 2 nitrogen and oxygen atoms in total. The van der Waals surface area contributed by atoms with E-state index in [9.17, 15) is 0 Å². The third-order valence-corrected chi connectivity index (χ3v) is 4.25. The maximum atomic E-state index is 4.79. The van der Waals surface area contributed by atoms with Gasteiger partial charge in [0, 0.05) is 0 Å². The molecule has 0 bridgehead atoms. The summed E-state index contributed by atoms with van der Waals surface area (Å²) in [6.45, 7) is 2.98. The Balaban J connectivity index is 2.91. The smallest absolute Gasteiger partial charge is 0.118 e. The highest BCUT2D eigenvalue weighted by atomic mass is 32.1. The Labute approximate surface area is 138 Å². The zero-order valence-electron chi connectivity index (χ0n) is 14.3. The molecule has 0 aliphatic heterocycles. The standard InChI is InChI=1S/C18H37NOS/c1-2-3-4-5-6-7-8-9-10-11-12-13-14-15-16-17-18-20-19-21/h2-18H2,1H3. The van der Waals surface area contributed by atoms with Crippen molar-refractivity contribution in [3.05, 3.63) is 0 Å². The molecule has 0 rings (SSSR count). The molecule has 0 unspecified atom stereocenters. The van der Waals surface area contributed by atoms with Crippen molar-refractivity contribution < 1.29 is 4.84 Å². The van der Waals surface area contributed by atoms with E-state index in [1.165, 1.54) is 96.3 Å². The molecular weight excluding hydrogens is 278 g/mol. The Morgan fingerprint density at radius 1 is 0.571 bits per heavy atom. The topological polar surface area (TPSA) is 21.6 Å². The van der Waals surface area contributed by atoms with E-state index in [1.54, 1.807) is 0 Å². The van der Waals surface area contributed by atoms with Crippen molar-refractivity contribution in [3.63, 3.8) is 0 Å². The third-order valence-electron chi connectivity index (χ3n) is 4.14. The van der Waals surface area contributed by atoms with E-state index in [0.717, 1.165) is 6.42 Å². The average Bonchev–Trinajstić information content (AvgIpc) is 2.50. The van der Waals surface area contributed by atoms with Gasteiger partial charge in [-0.15, -0.1) is 0 Å². The van der Waals surface area contributed by atoms with Crippen LogP contribution in [0.4, 0.5) is 0 Å². The molecule has 0 aromatic rings. The molecule has 0 aromatic heterocycles. The van der Waals surface area contributed by atoms with Crippen LogP contribution in [0.25, 0.3) is 0 Å². The zero-order valence-corrected chi connectivity index (χ0v) is 15.1. The van der Waals surface area contributed by atoms with Crippen LogP contribution in [-0.2, 0) is 17.3 Å². The van der Waals surface area contributed by atoms with Crippen molar-refractivity contribution in [2.45, 2.75) is 110 Å². The van der Waals surface area contributed by atoms with Gasteiger partial charge in [-0.2, -0.15) is 0 Å². The Morgan fingerprint density at radius 2 is 0.905 bits per heavy atom.